The molecule has 25 heavy (non-hydrogen) atoms. The van der Waals surface area contributed by atoms with Gasteiger partial charge in [0, 0.05) is 39.2 Å². The number of rotatable bonds is 1. The number of hydrogen-bond acceptors (Lipinski definition) is 4. The van der Waals surface area contributed by atoms with Crippen LogP contribution in [-0.4, -0.2) is 16.6 Å². The van der Waals surface area contributed by atoms with Crippen LogP contribution in [0.5, 0.6) is 0 Å². The molecule has 0 spiro atoms. The molecule has 1 aromatic heterocycles. The fourth-order valence-corrected chi connectivity index (χ4v) is 5.62. The standard InChI is InChI=1S/C20H13ClN2S2/c21-15-8-14-11-23-20(12-3-5-22-6-4-12)25-19(14)16-9-13-2-1-7-24-18(13)17(16)10-15/h1-8,10H,9,11H2. The minimum absolute atomic E-state index is 0.667. The van der Waals surface area contributed by atoms with Crippen LogP contribution < -0.4 is 0 Å². The summed E-state index contributed by atoms with van der Waals surface area (Å²) in [5.41, 5.74) is 6.38. The summed E-state index contributed by atoms with van der Waals surface area (Å²) in [6.07, 6.45) is 13.1. The van der Waals surface area contributed by atoms with Crippen LogP contribution in [0.4, 0.5) is 0 Å². The molecule has 2 nitrogen and oxygen atoms in total. The summed E-state index contributed by atoms with van der Waals surface area (Å²) in [7, 11) is 0. The van der Waals surface area contributed by atoms with Crippen molar-refractivity contribution in [2.45, 2.75) is 6.42 Å². The zero-order valence-electron chi connectivity index (χ0n) is 13.2. The molecule has 0 radical (unpaired) electrons. The SMILES string of the molecule is ClC1=CC2=C3SC=CC=C3CC2=C2SC(c3ccncc3)=NCC2=C1. The summed E-state index contributed by atoms with van der Waals surface area (Å²) in [5.74, 6) is 0. The molecule has 1 aromatic rings. The second kappa shape index (κ2) is 6.20. The molecule has 2 aliphatic carbocycles. The maximum absolute atomic E-state index is 6.50. The Labute approximate surface area is 159 Å². The van der Waals surface area contributed by atoms with Gasteiger partial charge in [0.1, 0.15) is 5.04 Å². The van der Waals surface area contributed by atoms with Gasteiger partial charge in [-0.2, -0.15) is 0 Å². The number of nitrogens with zero attached hydrogens (tertiary/aromatic N) is 2. The Morgan fingerprint density at radius 3 is 2.80 bits per heavy atom. The molecule has 5 rings (SSSR count). The molecule has 0 saturated heterocycles. The van der Waals surface area contributed by atoms with Gasteiger partial charge in [-0.05, 0) is 52.0 Å². The van der Waals surface area contributed by atoms with E-state index in [9.17, 15) is 0 Å². The average molecular weight is 381 g/mol. The third-order valence-electron chi connectivity index (χ3n) is 4.47. The zero-order chi connectivity index (χ0) is 16.8. The van der Waals surface area contributed by atoms with E-state index in [0.717, 1.165) is 22.1 Å². The molecule has 5 heteroatoms. The van der Waals surface area contributed by atoms with Gasteiger partial charge >= 0.3 is 0 Å². The summed E-state index contributed by atoms with van der Waals surface area (Å²) in [4.78, 5) is 11.5. The lowest BCUT2D eigenvalue weighted by atomic mass is 10.1. The summed E-state index contributed by atoms with van der Waals surface area (Å²) in [6.45, 7) is 0.667. The Kier molecular flexibility index (Phi) is 3.85. The molecular weight excluding hydrogens is 368 g/mol. The van der Waals surface area contributed by atoms with Crippen LogP contribution in [0.3, 0.4) is 0 Å². The van der Waals surface area contributed by atoms with Crippen molar-refractivity contribution in [3.8, 4) is 0 Å². The third-order valence-corrected chi connectivity index (χ3v) is 6.97. The first-order chi connectivity index (χ1) is 12.3. The number of allylic oxidation sites excluding steroid dienone is 8. The maximum Gasteiger partial charge on any atom is 0.103 e. The lowest BCUT2D eigenvalue weighted by Gasteiger charge is -2.20. The van der Waals surface area contributed by atoms with E-state index in [1.54, 1.807) is 23.5 Å². The second-order valence-corrected chi connectivity index (χ2v) is 8.38. The van der Waals surface area contributed by atoms with E-state index in [2.05, 4.69) is 34.7 Å². The van der Waals surface area contributed by atoms with Gasteiger partial charge in [0.05, 0.1) is 6.54 Å². The Balaban J connectivity index is 1.65. The van der Waals surface area contributed by atoms with Crippen molar-refractivity contribution in [3.63, 3.8) is 0 Å². The van der Waals surface area contributed by atoms with Crippen molar-refractivity contribution >= 4 is 40.2 Å². The van der Waals surface area contributed by atoms with Crippen LogP contribution in [0, 0.1) is 0 Å². The molecule has 0 bridgehead atoms. The number of hydrogen-bond donors (Lipinski definition) is 0. The molecular formula is C20H13ClN2S2. The number of pyridine rings is 1. The van der Waals surface area contributed by atoms with E-state index in [0.29, 0.717) is 6.54 Å². The van der Waals surface area contributed by atoms with E-state index >= 15 is 0 Å². The number of aliphatic imine (C=N–C) groups is 1. The second-order valence-electron chi connectivity index (χ2n) is 6.02. The Morgan fingerprint density at radius 1 is 1.04 bits per heavy atom. The van der Waals surface area contributed by atoms with Crippen LogP contribution >= 0.6 is 35.1 Å². The molecule has 0 aromatic carbocycles. The Bertz CT molecular complexity index is 992. The number of halogens is 1. The van der Waals surface area contributed by atoms with Crippen molar-refractivity contribution in [3.05, 3.63) is 96.9 Å². The summed E-state index contributed by atoms with van der Waals surface area (Å²) >= 11 is 10.0. The van der Waals surface area contributed by atoms with E-state index in [-0.39, 0.29) is 0 Å². The molecule has 0 amide bonds. The highest BCUT2D eigenvalue weighted by atomic mass is 35.5. The normalized spacial score (nSPS) is 21.6. The monoisotopic (exact) mass is 380 g/mol. The van der Waals surface area contributed by atoms with E-state index in [1.165, 1.54) is 32.1 Å². The van der Waals surface area contributed by atoms with E-state index in [1.807, 2.05) is 24.5 Å². The highest BCUT2D eigenvalue weighted by molar-refractivity contribution is 8.18. The fourth-order valence-electron chi connectivity index (χ4n) is 3.35. The molecule has 0 atom stereocenters. The van der Waals surface area contributed by atoms with Gasteiger partial charge in [0.15, 0.2) is 0 Å². The van der Waals surface area contributed by atoms with Crippen LogP contribution in [-0.2, 0) is 0 Å². The zero-order valence-corrected chi connectivity index (χ0v) is 15.6. The lowest BCUT2D eigenvalue weighted by molar-refractivity contribution is 1.14. The van der Waals surface area contributed by atoms with Crippen LogP contribution in [0.2, 0.25) is 0 Å². The molecule has 0 N–H and O–H groups in total. The largest absolute Gasteiger partial charge is 0.273 e. The topological polar surface area (TPSA) is 25.2 Å². The van der Waals surface area contributed by atoms with Gasteiger partial charge in [-0.3, -0.25) is 9.98 Å². The molecule has 0 saturated carbocycles. The van der Waals surface area contributed by atoms with E-state index < -0.39 is 0 Å². The first kappa shape index (κ1) is 15.5. The van der Waals surface area contributed by atoms with Gasteiger partial charge in [0.2, 0.25) is 0 Å². The van der Waals surface area contributed by atoms with Gasteiger partial charge < -0.3 is 0 Å². The maximum atomic E-state index is 6.50. The predicted molar refractivity (Wildman–Crippen MR) is 109 cm³/mol. The van der Waals surface area contributed by atoms with Crippen molar-refractivity contribution in [1.82, 2.24) is 4.98 Å². The highest BCUT2D eigenvalue weighted by Gasteiger charge is 2.31. The minimum atomic E-state index is 0.667. The van der Waals surface area contributed by atoms with Crippen molar-refractivity contribution in [2.75, 3.05) is 6.54 Å². The Hall–Kier alpha value is -1.75. The van der Waals surface area contributed by atoms with Gasteiger partial charge in [-0.1, -0.05) is 47.3 Å². The van der Waals surface area contributed by atoms with Crippen LogP contribution in [0.1, 0.15) is 12.0 Å². The molecule has 4 aliphatic rings. The Morgan fingerprint density at radius 2 is 1.92 bits per heavy atom. The van der Waals surface area contributed by atoms with Crippen LogP contribution in [0.15, 0.2) is 96.4 Å². The van der Waals surface area contributed by atoms with E-state index in [4.69, 9.17) is 16.6 Å². The average Bonchev–Trinajstić information content (AvgIpc) is 2.94. The number of thioether (sulfide) groups is 2. The van der Waals surface area contributed by atoms with Crippen molar-refractivity contribution in [2.24, 2.45) is 4.99 Å². The third kappa shape index (κ3) is 2.69. The predicted octanol–water partition coefficient (Wildman–Crippen LogP) is 5.74. The minimum Gasteiger partial charge on any atom is -0.273 e. The molecule has 122 valence electrons. The molecule has 3 heterocycles. The first-order valence-corrected chi connectivity index (χ1v) is 10.1. The smallest absolute Gasteiger partial charge is 0.103 e. The lowest BCUT2D eigenvalue weighted by Crippen LogP contribution is -2.08. The van der Waals surface area contributed by atoms with Gasteiger partial charge in [0.25, 0.3) is 0 Å². The van der Waals surface area contributed by atoms with Crippen LogP contribution in [0.25, 0.3) is 0 Å². The molecule has 0 unspecified atom stereocenters. The molecule has 2 aliphatic heterocycles. The molecule has 0 fully saturated rings. The summed E-state index contributed by atoms with van der Waals surface area (Å²) < 4.78 is 0. The van der Waals surface area contributed by atoms with Crippen molar-refractivity contribution in [1.29, 1.82) is 0 Å². The van der Waals surface area contributed by atoms with Gasteiger partial charge in [-0.25, -0.2) is 0 Å². The highest BCUT2D eigenvalue weighted by Crippen LogP contribution is 2.51. The number of fused-ring (bicyclic) bond motifs is 3. The number of aromatic nitrogens is 1. The van der Waals surface area contributed by atoms with Crippen molar-refractivity contribution < 1.29 is 0 Å². The van der Waals surface area contributed by atoms with Gasteiger partial charge in [-0.15, -0.1) is 0 Å². The fraction of sp³-hybridized carbons (Fsp3) is 0.100. The summed E-state index contributed by atoms with van der Waals surface area (Å²) in [5, 5.41) is 3.97. The summed E-state index contributed by atoms with van der Waals surface area (Å²) in [6, 6.07) is 4.04. The first-order valence-electron chi connectivity index (χ1n) is 8.01. The quantitative estimate of drug-likeness (QED) is 0.621.